The van der Waals surface area contributed by atoms with Crippen molar-refractivity contribution in [2.45, 2.75) is 6.04 Å². The fraction of sp³-hybridized carbons (Fsp3) is 0.182. The van der Waals surface area contributed by atoms with E-state index in [1.807, 2.05) is 24.3 Å². The number of carbonyl (C=O) groups is 1. The largest absolute Gasteiger partial charge is 0.491 e. The Labute approximate surface area is 107 Å². The Morgan fingerprint density at radius 2 is 2.28 bits per heavy atom. The molecule has 1 atom stereocenters. The van der Waals surface area contributed by atoms with Crippen molar-refractivity contribution < 1.29 is 9.53 Å². The summed E-state index contributed by atoms with van der Waals surface area (Å²) in [6.07, 6.45) is 0. The standard InChI is InChI=1S/C11H10N4O2S/c12-11-15-14-10(18-11)9(16)13-7-5-17-8-4-2-1-3-6(7)8/h1-4,7H,5H2,(H2,12,15)(H,13,16). The molecule has 1 aliphatic rings. The van der Waals surface area contributed by atoms with E-state index >= 15 is 0 Å². The van der Waals surface area contributed by atoms with Crippen molar-refractivity contribution in [1.29, 1.82) is 0 Å². The van der Waals surface area contributed by atoms with Crippen molar-refractivity contribution in [1.82, 2.24) is 15.5 Å². The topological polar surface area (TPSA) is 90.1 Å². The predicted octanol–water partition coefficient (Wildman–Crippen LogP) is 0.984. The summed E-state index contributed by atoms with van der Waals surface area (Å²) in [5, 5.41) is 10.7. The van der Waals surface area contributed by atoms with E-state index in [2.05, 4.69) is 15.5 Å². The second-order valence-corrected chi connectivity index (χ2v) is 4.83. The zero-order chi connectivity index (χ0) is 12.5. The average Bonchev–Trinajstić information content (AvgIpc) is 2.97. The van der Waals surface area contributed by atoms with Gasteiger partial charge in [-0.05, 0) is 6.07 Å². The van der Waals surface area contributed by atoms with Gasteiger partial charge < -0.3 is 15.8 Å². The third kappa shape index (κ3) is 1.88. The van der Waals surface area contributed by atoms with E-state index in [0.29, 0.717) is 6.61 Å². The van der Waals surface area contributed by atoms with Gasteiger partial charge in [-0.15, -0.1) is 10.2 Å². The van der Waals surface area contributed by atoms with Crippen molar-refractivity contribution >= 4 is 22.4 Å². The molecule has 18 heavy (non-hydrogen) atoms. The maximum atomic E-state index is 11.9. The number of nitrogens with two attached hydrogens (primary N) is 1. The zero-order valence-electron chi connectivity index (χ0n) is 9.29. The molecule has 2 aromatic rings. The Morgan fingerprint density at radius 1 is 1.44 bits per heavy atom. The minimum absolute atomic E-state index is 0.154. The molecular formula is C11H10N4O2S. The van der Waals surface area contributed by atoms with E-state index in [1.165, 1.54) is 0 Å². The van der Waals surface area contributed by atoms with Crippen LogP contribution in [0.4, 0.5) is 5.13 Å². The van der Waals surface area contributed by atoms with Crippen LogP contribution in [-0.4, -0.2) is 22.7 Å². The van der Waals surface area contributed by atoms with Crippen LogP contribution >= 0.6 is 11.3 Å². The first-order valence-corrected chi connectivity index (χ1v) is 6.17. The van der Waals surface area contributed by atoms with Crippen LogP contribution in [-0.2, 0) is 0 Å². The number of hydrogen-bond donors (Lipinski definition) is 2. The van der Waals surface area contributed by atoms with E-state index in [-0.39, 0.29) is 22.1 Å². The third-order valence-corrected chi connectivity index (χ3v) is 3.39. The summed E-state index contributed by atoms with van der Waals surface area (Å²) in [6.45, 7) is 0.430. The molecule has 1 aromatic carbocycles. The Hall–Kier alpha value is -2.15. The summed E-state index contributed by atoms with van der Waals surface area (Å²) in [5.74, 6) is 0.522. The van der Waals surface area contributed by atoms with Gasteiger partial charge in [-0.25, -0.2) is 0 Å². The number of aromatic nitrogens is 2. The lowest BCUT2D eigenvalue weighted by molar-refractivity contribution is 0.0929. The van der Waals surface area contributed by atoms with Gasteiger partial charge in [0.2, 0.25) is 10.1 Å². The molecule has 1 unspecified atom stereocenters. The number of benzene rings is 1. The second-order valence-electron chi connectivity index (χ2n) is 3.82. The highest BCUT2D eigenvalue weighted by Crippen LogP contribution is 2.31. The first-order valence-electron chi connectivity index (χ1n) is 5.35. The highest BCUT2D eigenvalue weighted by Gasteiger charge is 2.26. The Balaban J connectivity index is 1.77. The van der Waals surface area contributed by atoms with Crippen LogP contribution in [0.1, 0.15) is 21.4 Å². The van der Waals surface area contributed by atoms with E-state index in [1.54, 1.807) is 0 Å². The molecule has 1 aliphatic heterocycles. The molecule has 0 radical (unpaired) electrons. The van der Waals surface area contributed by atoms with Crippen LogP contribution in [0.3, 0.4) is 0 Å². The first kappa shape index (κ1) is 11.0. The van der Waals surface area contributed by atoms with Crippen LogP contribution in [0.5, 0.6) is 5.75 Å². The molecule has 0 fully saturated rings. The molecular weight excluding hydrogens is 252 g/mol. The number of para-hydroxylation sites is 1. The van der Waals surface area contributed by atoms with Crippen LogP contribution < -0.4 is 15.8 Å². The van der Waals surface area contributed by atoms with Gasteiger partial charge in [0.05, 0.1) is 6.04 Å². The SMILES string of the molecule is Nc1nnc(C(=O)NC2COc3ccccc32)s1. The van der Waals surface area contributed by atoms with Crippen molar-refractivity contribution in [3.8, 4) is 5.75 Å². The van der Waals surface area contributed by atoms with Gasteiger partial charge in [0.25, 0.3) is 5.91 Å². The van der Waals surface area contributed by atoms with Crippen molar-refractivity contribution in [3.63, 3.8) is 0 Å². The molecule has 92 valence electrons. The summed E-state index contributed by atoms with van der Waals surface area (Å²) < 4.78 is 5.48. The fourth-order valence-electron chi connectivity index (χ4n) is 1.83. The number of anilines is 1. The molecule has 0 saturated heterocycles. The maximum absolute atomic E-state index is 11.9. The van der Waals surface area contributed by atoms with E-state index in [0.717, 1.165) is 22.6 Å². The Morgan fingerprint density at radius 3 is 3.06 bits per heavy atom. The van der Waals surface area contributed by atoms with E-state index < -0.39 is 0 Å². The molecule has 2 heterocycles. The summed E-state index contributed by atoms with van der Waals surface area (Å²) in [4.78, 5) is 11.9. The molecule has 1 aromatic heterocycles. The zero-order valence-corrected chi connectivity index (χ0v) is 10.1. The van der Waals surface area contributed by atoms with E-state index in [9.17, 15) is 4.79 Å². The number of carbonyl (C=O) groups excluding carboxylic acids is 1. The number of amides is 1. The molecule has 3 N–H and O–H groups in total. The lowest BCUT2D eigenvalue weighted by Crippen LogP contribution is -2.29. The minimum Gasteiger partial charge on any atom is -0.491 e. The van der Waals surface area contributed by atoms with Crippen LogP contribution in [0.25, 0.3) is 0 Å². The number of nitrogens with one attached hydrogen (secondary N) is 1. The number of nitrogens with zero attached hydrogens (tertiary/aromatic N) is 2. The summed E-state index contributed by atoms with van der Waals surface area (Å²) in [6, 6.07) is 7.47. The molecule has 7 heteroatoms. The molecule has 1 amide bonds. The van der Waals surface area contributed by atoms with Gasteiger partial charge >= 0.3 is 0 Å². The third-order valence-electron chi connectivity index (χ3n) is 2.64. The average molecular weight is 262 g/mol. The summed E-state index contributed by atoms with van der Waals surface area (Å²) in [5.41, 5.74) is 6.42. The quantitative estimate of drug-likeness (QED) is 0.842. The van der Waals surface area contributed by atoms with Crippen LogP contribution in [0, 0.1) is 0 Å². The van der Waals surface area contributed by atoms with Gasteiger partial charge in [-0.3, -0.25) is 4.79 Å². The fourth-order valence-corrected chi connectivity index (χ4v) is 2.34. The van der Waals surface area contributed by atoms with Gasteiger partial charge in [-0.1, -0.05) is 29.5 Å². The maximum Gasteiger partial charge on any atom is 0.282 e. The van der Waals surface area contributed by atoms with Gasteiger partial charge in [0.1, 0.15) is 12.4 Å². The first-order chi connectivity index (χ1) is 8.74. The molecule has 0 aliphatic carbocycles. The lowest BCUT2D eigenvalue weighted by atomic mass is 10.1. The Kier molecular flexibility index (Phi) is 2.60. The molecule has 0 spiro atoms. The van der Waals surface area contributed by atoms with Crippen LogP contribution in [0.15, 0.2) is 24.3 Å². The smallest absolute Gasteiger partial charge is 0.282 e. The highest BCUT2D eigenvalue weighted by atomic mass is 32.1. The second kappa shape index (κ2) is 4.26. The van der Waals surface area contributed by atoms with Gasteiger partial charge in [0.15, 0.2) is 0 Å². The van der Waals surface area contributed by atoms with E-state index in [4.69, 9.17) is 10.5 Å². The predicted molar refractivity (Wildman–Crippen MR) is 66.5 cm³/mol. The molecule has 0 saturated carbocycles. The van der Waals surface area contributed by atoms with Crippen LogP contribution in [0.2, 0.25) is 0 Å². The molecule has 6 nitrogen and oxygen atoms in total. The van der Waals surface area contributed by atoms with Crippen molar-refractivity contribution in [3.05, 3.63) is 34.8 Å². The number of hydrogen-bond acceptors (Lipinski definition) is 6. The summed E-state index contributed by atoms with van der Waals surface area (Å²) in [7, 11) is 0. The number of nitrogen functional groups attached to an aromatic ring is 1. The minimum atomic E-state index is -0.283. The number of ether oxygens (including phenoxy) is 1. The van der Waals surface area contributed by atoms with Gasteiger partial charge in [-0.2, -0.15) is 0 Å². The van der Waals surface area contributed by atoms with Gasteiger partial charge in [0, 0.05) is 5.56 Å². The highest BCUT2D eigenvalue weighted by molar-refractivity contribution is 7.16. The number of fused-ring (bicyclic) bond motifs is 1. The normalized spacial score (nSPS) is 17.0. The summed E-state index contributed by atoms with van der Waals surface area (Å²) >= 11 is 1.06. The number of rotatable bonds is 2. The van der Waals surface area contributed by atoms with Crippen molar-refractivity contribution in [2.75, 3.05) is 12.3 Å². The lowest BCUT2D eigenvalue weighted by Gasteiger charge is -2.09. The molecule has 3 rings (SSSR count). The van der Waals surface area contributed by atoms with Crippen molar-refractivity contribution in [2.24, 2.45) is 0 Å². The monoisotopic (exact) mass is 262 g/mol. The Bertz CT molecular complexity index is 598. The molecule has 0 bridgehead atoms.